The van der Waals surface area contributed by atoms with Gasteiger partial charge in [0.05, 0.1) is 18.2 Å². The maximum atomic E-state index is 11.9. The molecule has 1 aliphatic rings. The molecule has 0 aliphatic carbocycles. The van der Waals surface area contributed by atoms with E-state index in [9.17, 15) is 14.4 Å². The van der Waals surface area contributed by atoms with Crippen molar-refractivity contribution in [3.8, 4) is 6.07 Å². The van der Waals surface area contributed by atoms with Gasteiger partial charge in [-0.3, -0.25) is 19.3 Å². The van der Waals surface area contributed by atoms with Crippen LogP contribution in [0.4, 0.5) is 4.79 Å². The van der Waals surface area contributed by atoms with Gasteiger partial charge in [0.25, 0.3) is 11.1 Å². The second-order valence-corrected chi connectivity index (χ2v) is 5.31. The lowest BCUT2D eigenvalue weighted by molar-refractivity contribution is -0.124. The van der Waals surface area contributed by atoms with Crippen LogP contribution in [-0.4, -0.2) is 40.8 Å². The standard InChI is InChI=1S/C14H13N3O3S/c15-6-5-10-1-3-11(4-2-10)13(19)16-7-8-17-12(18)9-21-14(17)20/h1-4H,5,7-9H2,(H,16,19). The number of carbonyl (C=O) groups is 3. The molecule has 2 rings (SSSR count). The minimum Gasteiger partial charge on any atom is -0.350 e. The summed E-state index contributed by atoms with van der Waals surface area (Å²) in [5.74, 6) is -0.321. The Hall–Kier alpha value is -2.33. The first-order valence-electron chi connectivity index (χ1n) is 6.33. The fourth-order valence-electron chi connectivity index (χ4n) is 1.85. The Morgan fingerprint density at radius 3 is 2.62 bits per heavy atom. The summed E-state index contributed by atoms with van der Waals surface area (Å²) in [6, 6.07) is 8.77. The Bertz CT molecular complexity index is 591. The summed E-state index contributed by atoms with van der Waals surface area (Å²) in [7, 11) is 0. The van der Waals surface area contributed by atoms with Gasteiger partial charge in [0.2, 0.25) is 5.91 Å². The predicted octanol–water partition coefficient (Wildman–Crippen LogP) is 1.18. The molecule has 1 fully saturated rings. The first-order valence-corrected chi connectivity index (χ1v) is 7.31. The molecule has 0 bridgehead atoms. The molecule has 1 aromatic carbocycles. The zero-order valence-corrected chi connectivity index (χ0v) is 12.0. The van der Waals surface area contributed by atoms with Crippen molar-refractivity contribution >= 4 is 28.8 Å². The van der Waals surface area contributed by atoms with Crippen LogP contribution >= 0.6 is 11.8 Å². The number of benzene rings is 1. The van der Waals surface area contributed by atoms with E-state index in [1.54, 1.807) is 24.3 Å². The van der Waals surface area contributed by atoms with Gasteiger partial charge in [-0.1, -0.05) is 23.9 Å². The van der Waals surface area contributed by atoms with Gasteiger partial charge >= 0.3 is 0 Å². The van der Waals surface area contributed by atoms with E-state index in [4.69, 9.17) is 5.26 Å². The summed E-state index contributed by atoms with van der Waals surface area (Å²) < 4.78 is 0. The first kappa shape index (κ1) is 15.1. The van der Waals surface area contributed by atoms with E-state index in [0.717, 1.165) is 22.2 Å². The van der Waals surface area contributed by atoms with Crippen molar-refractivity contribution in [3.05, 3.63) is 35.4 Å². The average Bonchev–Trinajstić information content (AvgIpc) is 2.80. The van der Waals surface area contributed by atoms with E-state index < -0.39 is 0 Å². The van der Waals surface area contributed by atoms with Crippen LogP contribution in [0.25, 0.3) is 0 Å². The van der Waals surface area contributed by atoms with Gasteiger partial charge < -0.3 is 5.32 Å². The molecule has 1 N–H and O–H groups in total. The first-order chi connectivity index (χ1) is 10.1. The van der Waals surface area contributed by atoms with Crippen LogP contribution in [0.1, 0.15) is 15.9 Å². The highest BCUT2D eigenvalue weighted by atomic mass is 32.2. The predicted molar refractivity (Wildman–Crippen MR) is 77.7 cm³/mol. The Morgan fingerprint density at radius 1 is 1.33 bits per heavy atom. The number of thioether (sulfide) groups is 1. The fraction of sp³-hybridized carbons (Fsp3) is 0.286. The number of hydrogen-bond donors (Lipinski definition) is 1. The smallest absolute Gasteiger partial charge is 0.288 e. The molecule has 0 radical (unpaired) electrons. The van der Waals surface area contributed by atoms with Crippen LogP contribution < -0.4 is 5.32 Å². The van der Waals surface area contributed by atoms with Crippen molar-refractivity contribution in [3.63, 3.8) is 0 Å². The van der Waals surface area contributed by atoms with Crippen molar-refractivity contribution in [2.24, 2.45) is 0 Å². The monoisotopic (exact) mass is 303 g/mol. The zero-order chi connectivity index (χ0) is 15.2. The maximum absolute atomic E-state index is 11.9. The third kappa shape index (κ3) is 3.83. The SMILES string of the molecule is N#CCc1ccc(C(=O)NCCN2C(=O)CSC2=O)cc1. The molecule has 108 valence electrons. The van der Waals surface area contributed by atoms with E-state index in [1.807, 2.05) is 6.07 Å². The average molecular weight is 303 g/mol. The summed E-state index contributed by atoms with van der Waals surface area (Å²) in [6.07, 6.45) is 0.304. The number of amides is 3. The van der Waals surface area contributed by atoms with E-state index in [-0.39, 0.29) is 35.9 Å². The van der Waals surface area contributed by atoms with Crippen molar-refractivity contribution < 1.29 is 14.4 Å². The van der Waals surface area contributed by atoms with Crippen LogP contribution in [0.15, 0.2) is 24.3 Å². The minimum absolute atomic E-state index is 0.174. The number of nitriles is 1. The van der Waals surface area contributed by atoms with Crippen LogP contribution in [0.3, 0.4) is 0 Å². The molecular weight excluding hydrogens is 290 g/mol. The number of carbonyl (C=O) groups excluding carboxylic acids is 3. The van der Waals surface area contributed by atoms with Crippen molar-refractivity contribution in [2.75, 3.05) is 18.8 Å². The molecule has 3 amide bonds. The highest BCUT2D eigenvalue weighted by Crippen LogP contribution is 2.17. The lowest BCUT2D eigenvalue weighted by Crippen LogP contribution is -2.37. The number of rotatable bonds is 5. The lowest BCUT2D eigenvalue weighted by Gasteiger charge is -2.13. The van der Waals surface area contributed by atoms with E-state index in [2.05, 4.69) is 5.32 Å². The Labute approximate surface area is 126 Å². The fourth-order valence-corrected chi connectivity index (χ4v) is 2.60. The summed E-state index contributed by atoms with van der Waals surface area (Å²) in [6.45, 7) is 0.403. The molecular formula is C14H13N3O3S. The van der Waals surface area contributed by atoms with Gasteiger partial charge in [0.1, 0.15) is 0 Å². The van der Waals surface area contributed by atoms with Gasteiger partial charge in [-0.15, -0.1) is 0 Å². The van der Waals surface area contributed by atoms with Crippen LogP contribution in [-0.2, 0) is 11.2 Å². The number of hydrogen-bond acceptors (Lipinski definition) is 5. The van der Waals surface area contributed by atoms with Crippen LogP contribution in [0.5, 0.6) is 0 Å². The van der Waals surface area contributed by atoms with Gasteiger partial charge in [0, 0.05) is 18.7 Å². The second kappa shape index (κ2) is 6.90. The summed E-state index contributed by atoms with van der Waals surface area (Å²) in [5.41, 5.74) is 1.32. The molecule has 6 nitrogen and oxygen atoms in total. The number of nitrogens with one attached hydrogen (secondary N) is 1. The molecule has 1 saturated heterocycles. The molecule has 7 heteroatoms. The molecule has 0 atom stereocenters. The molecule has 0 spiro atoms. The Kier molecular flexibility index (Phi) is 4.95. The largest absolute Gasteiger partial charge is 0.350 e. The molecule has 0 unspecified atom stereocenters. The van der Waals surface area contributed by atoms with E-state index in [0.29, 0.717) is 12.0 Å². The molecule has 1 heterocycles. The Balaban J connectivity index is 1.83. The van der Waals surface area contributed by atoms with Gasteiger partial charge in [-0.2, -0.15) is 5.26 Å². The van der Waals surface area contributed by atoms with E-state index in [1.165, 1.54) is 0 Å². The van der Waals surface area contributed by atoms with Crippen molar-refractivity contribution in [1.82, 2.24) is 10.2 Å². The third-order valence-electron chi connectivity index (χ3n) is 2.96. The van der Waals surface area contributed by atoms with Gasteiger partial charge in [-0.25, -0.2) is 0 Å². The summed E-state index contributed by atoms with van der Waals surface area (Å²) >= 11 is 0.973. The minimum atomic E-state index is -0.273. The summed E-state index contributed by atoms with van der Waals surface area (Å²) in [5, 5.41) is 11.0. The summed E-state index contributed by atoms with van der Waals surface area (Å²) in [4.78, 5) is 35.8. The van der Waals surface area contributed by atoms with Crippen LogP contribution in [0, 0.1) is 11.3 Å². The molecule has 1 aliphatic heterocycles. The number of imide groups is 1. The molecule has 0 saturated carbocycles. The molecule has 1 aromatic rings. The lowest BCUT2D eigenvalue weighted by atomic mass is 10.1. The molecule has 21 heavy (non-hydrogen) atoms. The highest BCUT2D eigenvalue weighted by molar-refractivity contribution is 8.14. The topological polar surface area (TPSA) is 90.3 Å². The number of nitrogens with zero attached hydrogens (tertiary/aromatic N) is 2. The highest BCUT2D eigenvalue weighted by Gasteiger charge is 2.29. The normalized spacial score (nSPS) is 14.1. The van der Waals surface area contributed by atoms with Gasteiger partial charge in [0.15, 0.2) is 0 Å². The van der Waals surface area contributed by atoms with Gasteiger partial charge in [-0.05, 0) is 17.7 Å². The Morgan fingerprint density at radius 2 is 2.05 bits per heavy atom. The second-order valence-electron chi connectivity index (χ2n) is 4.39. The molecule has 0 aromatic heterocycles. The van der Waals surface area contributed by atoms with E-state index >= 15 is 0 Å². The zero-order valence-electron chi connectivity index (χ0n) is 11.2. The van der Waals surface area contributed by atoms with Crippen LogP contribution in [0.2, 0.25) is 0 Å². The maximum Gasteiger partial charge on any atom is 0.288 e. The van der Waals surface area contributed by atoms with Crippen molar-refractivity contribution in [2.45, 2.75) is 6.42 Å². The quantitative estimate of drug-likeness (QED) is 0.882. The van der Waals surface area contributed by atoms with Crippen molar-refractivity contribution in [1.29, 1.82) is 5.26 Å². The third-order valence-corrected chi connectivity index (χ3v) is 3.82.